The van der Waals surface area contributed by atoms with Crippen LogP contribution in [0, 0.1) is 11.8 Å². The Morgan fingerprint density at radius 2 is 1.75 bits per heavy atom. The van der Waals surface area contributed by atoms with Gasteiger partial charge >= 0.3 is 0 Å². The van der Waals surface area contributed by atoms with Crippen LogP contribution in [0.25, 0.3) is 0 Å². The summed E-state index contributed by atoms with van der Waals surface area (Å²) in [5.41, 5.74) is 17.8. The van der Waals surface area contributed by atoms with E-state index in [1.54, 1.807) is 42.6 Å². The number of hydrogen-bond donors (Lipinski definition) is 7. The minimum Gasteiger partial charge on any atom is -0.508 e. The fourth-order valence-electron chi connectivity index (χ4n) is 6.54. The van der Waals surface area contributed by atoms with Crippen LogP contribution in [0.1, 0.15) is 106 Å². The first-order chi connectivity index (χ1) is 25.6. The van der Waals surface area contributed by atoms with Crippen LogP contribution >= 0.6 is 0 Å². The summed E-state index contributed by atoms with van der Waals surface area (Å²) in [6.45, 7) is 0.0187. The van der Waals surface area contributed by atoms with Crippen LogP contribution in [0.15, 0.2) is 79.0 Å². The molecule has 0 radical (unpaired) electrons. The number of ether oxygens (including phenoxy) is 1. The van der Waals surface area contributed by atoms with Gasteiger partial charge in [0.2, 0.25) is 0 Å². The van der Waals surface area contributed by atoms with Gasteiger partial charge in [0, 0.05) is 53.8 Å². The summed E-state index contributed by atoms with van der Waals surface area (Å²) in [7, 11) is 0. The Morgan fingerprint density at radius 3 is 2.55 bits per heavy atom. The molecule has 53 heavy (non-hydrogen) atoms. The number of carbonyl (C=O) groups is 2. The average molecular weight is 720 g/mol. The molecule has 0 bridgehead atoms. The maximum Gasteiger partial charge on any atom is 0.165 e. The van der Waals surface area contributed by atoms with Crippen molar-refractivity contribution in [3.8, 4) is 29.1 Å². The number of ketones is 2. The lowest BCUT2D eigenvalue weighted by Crippen LogP contribution is -2.20. The van der Waals surface area contributed by atoms with Gasteiger partial charge in [-0.15, -0.1) is 0 Å². The number of aliphatic hydroxyl groups excluding tert-OH is 2. The lowest BCUT2D eigenvalue weighted by Gasteiger charge is -2.22. The molecule has 5 rings (SSSR count). The minimum absolute atomic E-state index is 0.00343. The van der Waals surface area contributed by atoms with Crippen LogP contribution in [0.3, 0.4) is 0 Å². The second-order valence-electron chi connectivity index (χ2n) is 13.5. The number of allylic oxidation sites excluding steroid dienone is 2. The highest BCUT2D eigenvalue weighted by Crippen LogP contribution is 2.38. The van der Waals surface area contributed by atoms with Crippen LogP contribution in [-0.4, -0.2) is 56.3 Å². The van der Waals surface area contributed by atoms with Gasteiger partial charge in [0.1, 0.15) is 5.75 Å². The SMILES string of the molecule is NC(N)c1ccc2c(c1)C#CCc1[nH]ccc1C(=O)CC2c1cc(CCOc2cc(CCC(=O)C=CCCCCCC(O)CO)ccc2O)ccc1O. The third-order valence-electron chi connectivity index (χ3n) is 9.57. The number of aliphatic hydroxyl groups is 2. The van der Waals surface area contributed by atoms with Crippen LogP contribution in [-0.2, 0) is 24.1 Å². The molecule has 1 heterocycles. The number of nitrogens with one attached hydrogen (secondary N) is 1. The highest BCUT2D eigenvalue weighted by atomic mass is 16.5. The number of unbranched alkanes of at least 4 members (excludes halogenated alkanes) is 3. The molecule has 1 aliphatic carbocycles. The number of aromatic hydroxyl groups is 2. The average Bonchev–Trinajstić information content (AvgIpc) is 3.63. The van der Waals surface area contributed by atoms with Gasteiger partial charge in [-0.25, -0.2) is 0 Å². The second kappa shape index (κ2) is 19.1. The number of phenolic OH excluding ortho intramolecular Hbond substituents is 2. The van der Waals surface area contributed by atoms with Crippen molar-refractivity contribution in [2.75, 3.05) is 13.2 Å². The predicted octanol–water partition coefficient (Wildman–Crippen LogP) is 5.64. The molecular weight excluding hydrogens is 670 g/mol. The second-order valence-corrected chi connectivity index (χ2v) is 13.5. The van der Waals surface area contributed by atoms with E-state index >= 15 is 0 Å². The predicted molar refractivity (Wildman–Crippen MR) is 204 cm³/mol. The molecule has 10 heteroatoms. The molecule has 0 saturated carbocycles. The van der Waals surface area contributed by atoms with Crippen molar-refractivity contribution < 1.29 is 34.8 Å². The van der Waals surface area contributed by atoms with E-state index in [-0.39, 0.29) is 42.7 Å². The van der Waals surface area contributed by atoms with Crippen molar-refractivity contribution in [2.24, 2.45) is 11.5 Å². The summed E-state index contributed by atoms with van der Waals surface area (Å²) in [6.07, 6.45) is 9.66. The van der Waals surface area contributed by atoms with Gasteiger partial charge in [-0.05, 0) is 84.3 Å². The van der Waals surface area contributed by atoms with Crippen molar-refractivity contribution in [2.45, 2.75) is 82.4 Å². The van der Waals surface area contributed by atoms with Crippen molar-refractivity contribution in [3.63, 3.8) is 0 Å². The zero-order chi connectivity index (χ0) is 37.7. The lowest BCUT2D eigenvalue weighted by molar-refractivity contribution is -0.114. The van der Waals surface area contributed by atoms with Crippen LogP contribution in [0.5, 0.6) is 17.2 Å². The Balaban J connectivity index is 1.23. The molecule has 0 saturated heterocycles. The molecule has 0 spiro atoms. The van der Waals surface area contributed by atoms with Crippen molar-refractivity contribution in [1.29, 1.82) is 0 Å². The number of aromatic amines is 1. The number of aryl methyl sites for hydroxylation is 1. The maximum absolute atomic E-state index is 13.7. The minimum atomic E-state index is -0.693. The van der Waals surface area contributed by atoms with Gasteiger partial charge in [0.15, 0.2) is 23.1 Å². The molecule has 2 atom stereocenters. The summed E-state index contributed by atoms with van der Waals surface area (Å²) >= 11 is 0. The fraction of sp³-hybridized carbons (Fsp3) is 0.349. The molecule has 0 amide bonds. The van der Waals surface area contributed by atoms with Gasteiger partial charge in [0.05, 0.1) is 31.9 Å². The standard InChI is InChI=1S/C43H49N3O7/c44-43(45)31-14-16-34-30(25-31)7-6-10-38-35(19-21-46-38)41(52)26-36(34)37-23-29(12-17-39(37)50)20-22-53-42-24-28(13-18-40(42)51)11-15-32(48)8-4-2-1-3-5-9-33(49)27-47/h4,8,12-14,16-19,21,23-25,33,36,43,46-47,49-51H,1-3,5,9-11,15,20,22,26-27,44-45H2. The summed E-state index contributed by atoms with van der Waals surface area (Å²) in [4.78, 5) is 29.2. The van der Waals surface area contributed by atoms with E-state index in [0.29, 0.717) is 60.1 Å². The van der Waals surface area contributed by atoms with Crippen LogP contribution < -0.4 is 16.2 Å². The quantitative estimate of drug-likeness (QED) is 0.0313. The normalized spacial score (nSPS) is 14.7. The van der Waals surface area contributed by atoms with E-state index in [4.69, 9.17) is 21.3 Å². The van der Waals surface area contributed by atoms with E-state index in [1.807, 2.05) is 36.4 Å². The zero-order valence-corrected chi connectivity index (χ0v) is 29.9. The zero-order valence-electron chi connectivity index (χ0n) is 29.9. The molecule has 0 fully saturated rings. The van der Waals surface area contributed by atoms with Gasteiger partial charge < -0.3 is 41.6 Å². The third-order valence-corrected chi connectivity index (χ3v) is 9.57. The number of benzene rings is 3. The number of Topliss-reactive ketones (excluding diaryl/α,β-unsaturated/α-hetero) is 1. The number of carbonyl (C=O) groups excluding carboxylic acids is 2. The van der Waals surface area contributed by atoms with Crippen molar-refractivity contribution in [3.05, 3.63) is 124 Å². The number of aromatic nitrogens is 1. The van der Waals surface area contributed by atoms with Gasteiger partial charge in [-0.1, -0.05) is 61.1 Å². The van der Waals surface area contributed by atoms with Crippen LogP contribution in [0.4, 0.5) is 0 Å². The Labute approximate surface area is 310 Å². The van der Waals surface area contributed by atoms with Gasteiger partial charge in [-0.3, -0.25) is 9.59 Å². The first kappa shape index (κ1) is 39.0. The fourth-order valence-corrected chi connectivity index (χ4v) is 6.54. The Kier molecular flexibility index (Phi) is 14.0. The topological polar surface area (TPSA) is 192 Å². The smallest absolute Gasteiger partial charge is 0.165 e. The van der Waals surface area contributed by atoms with Gasteiger partial charge in [0.25, 0.3) is 0 Å². The van der Waals surface area contributed by atoms with E-state index in [2.05, 4.69) is 16.8 Å². The monoisotopic (exact) mass is 719 g/mol. The largest absolute Gasteiger partial charge is 0.508 e. The number of fused-ring (bicyclic) bond motifs is 2. The molecule has 0 aliphatic heterocycles. The van der Waals surface area contributed by atoms with Crippen molar-refractivity contribution in [1.82, 2.24) is 4.98 Å². The molecule has 2 unspecified atom stereocenters. The number of H-pyrrole nitrogens is 1. The van der Waals surface area contributed by atoms with Gasteiger partial charge in [-0.2, -0.15) is 0 Å². The summed E-state index contributed by atoms with van der Waals surface area (Å²) in [6, 6.07) is 17.7. The Bertz CT molecular complexity index is 1970. The number of hydrogen-bond acceptors (Lipinski definition) is 9. The lowest BCUT2D eigenvalue weighted by atomic mass is 9.81. The summed E-state index contributed by atoms with van der Waals surface area (Å²) < 4.78 is 6.00. The molecule has 9 N–H and O–H groups in total. The molecule has 3 aromatic carbocycles. The third kappa shape index (κ3) is 10.9. The highest BCUT2D eigenvalue weighted by molar-refractivity contribution is 5.98. The van der Waals surface area contributed by atoms with E-state index in [1.165, 1.54) is 0 Å². The molecule has 278 valence electrons. The highest BCUT2D eigenvalue weighted by Gasteiger charge is 2.27. The molecule has 4 aromatic rings. The van der Waals surface area contributed by atoms with E-state index < -0.39 is 18.2 Å². The van der Waals surface area contributed by atoms with Crippen LogP contribution in [0.2, 0.25) is 0 Å². The number of nitrogens with two attached hydrogens (primary N) is 2. The molecule has 1 aliphatic rings. The summed E-state index contributed by atoms with van der Waals surface area (Å²) in [5, 5.41) is 39.9. The van der Waals surface area contributed by atoms with E-state index in [9.17, 15) is 24.9 Å². The Hall–Kier alpha value is -5.18. The Morgan fingerprint density at radius 1 is 0.962 bits per heavy atom. The number of phenols is 2. The molecule has 1 aromatic heterocycles. The maximum atomic E-state index is 13.7. The summed E-state index contributed by atoms with van der Waals surface area (Å²) in [5.74, 6) is 6.25. The first-order valence-corrected chi connectivity index (χ1v) is 18.2. The van der Waals surface area contributed by atoms with E-state index in [0.717, 1.165) is 48.1 Å². The molecular formula is C43H49N3O7. The van der Waals surface area contributed by atoms with Crippen molar-refractivity contribution >= 4 is 11.6 Å². The number of rotatable bonds is 17. The molecule has 10 nitrogen and oxygen atoms in total. The first-order valence-electron chi connectivity index (χ1n) is 18.2.